The average molecular weight is 530 g/mol. The van der Waals surface area contributed by atoms with Crippen molar-refractivity contribution in [3.8, 4) is 28.4 Å². The standard InChI is InChI=1S/C30H34F3NO4/c1-6-18-34(20-28(35)36-7-2)26-19-22(21-8-13-25(14-9-21)38-30(31,32)33)10-17-27(26)37-24-15-11-23(12-16-24)29(3,4)5/h8-17,19H,6-7,18,20H2,1-5H3. The Hall–Kier alpha value is -3.68. The van der Waals surface area contributed by atoms with Gasteiger partial charge in [0.15, 0.2) is 5.75 Å². The molecule has 0 saturated carbocycles. The van der Waals surface area contributed by atoms with Crippen LogP contribution in [0.1, 0.15) is 46.6 Å². The molecule has 38 heavy (non-hydrogen) atoms. The van der Waals surface area contributed by atoms with Gasteiger partial charge in [-0.2, -0.15) is 0 Å². The number of alkyl halides is 3. The number of hydrogen-bond acceptors (Lipinski definition) is 5. The first-order chi connectivity index (χ1) is 17.9. The van der Waals surface area contributed by atoms with Crippen molar-refractivity contribution in [2.45, 2.75) is 52.8 Å². The molecule has 0 aliphatic rings. The van der Waals surface area contributed by atoms with Crippen LogP contribution in [0.15, 0.2) is 66.7 Å². The maximum absolute atomic E-state index is 12.6. The van der Waals surface area contributed by atoms with Crippen LogP contribution in [0.4, 0.5) is 18.9 Å². The zero-order valence-corrected chi connectivity index (χ0v) is 22.4. The SMILES string of the molecule is CCCN(CC(=O)OCC)c1cc(-c2ccc(OC(F)(F)F)cc2)ccc1Oc1ccc(C(C)(C)C)cc1. The van der Waals surface area contributed by atoms with Crippen molar-refractivity contribution in [1.82, 2.24) is 0 Å². The van der Waals surface area contributed by atoms with Crippen LogP contribution in [0.2, 0.25) is 0 Å². The van der Waals surface area contributed by atoms with Gasteiger partial charge in [-0.25, -0.2) is 0 Å². The zero-order valence-electron chi connectivity index (χ0n) is 22.4. The summed E-state index contributed by atoms with van der Waals surface area (Å²) in [5.41, 5.74) is 3.29. The van der Waals surface area contributed by atoms with E-state index in [-0.39, 0.29) is 30.3 Å². The molecule has 0 saturated heterocycles. The molecule has 3 rings (SSSR count). The number of ether oxygens (including phenoxy) is 3. The fourth-order valence-electron chi connectivity index (χ4n) is 3.95. The number of nitrogens with zero attached hydrogens (tertiary/aromatic N) is 1. The van der Waals surface area contributed by atoms with E-state index in [0.29, 0.717) is 29.3 Å². The van der Waals surface area contributed by atoms with Gasteiger partial charge in [0, 0.05) is 6.54 Å². The maximum Gasteiger partial charge on any atom is 0.573 e. The van der Waals surface area contributed by atoms with Crippen molar-refractivity contribution in [3.05, 3.63) is 72.3 Å². The monoisotopic (exact) mass is 529 g/mol. The molecule has 0 unspecified atom stereocenters. The van der Waals surface area contributed by atoms with Crippen LogP contribution >= 0.6 is 0 Å². The third kappa shape index (κ3) is 8.16. The van der Waals surface area contributed by atoms with Gasteiger partial charge in [0.25, 0.3) is 0 Å². The minimum absolute atomic E-state index is 0.00356. The summed E-state index contributed by atoms with van der Waals surface area (Å²) in [6.07, 6.45) is -3.99. The van der Waals surface area contributed by atoms with Crippen molar-refractivity contribution < 1.29 is 32.2 Å². The van der Waals surface area contributed by atoms with E-state index < -0.39 is 6.36 Å². The Morgan fingerprint density at radius 2 is 1.45 bits per heavy atom. The second-order valence-electron chi connectivity index (χ2n) is 9.86. The Labute approximate surface area is 222 Å². The summed E-state index contributed by atoms with van der Waals surface area (Å²) in [6, 6.07) is 19.0. The van der Waals surface area contributed by atoms with Gasteiger partial charge in [-0.3, -0.25) is 4.79 Å². The first kappa shape index (κ1) is 28.9. The average Bonchev–Trinajstić information content (AvgIpc) is 2.83. The summed E-state index contributed by atoms with van der Waals surface area (Å²) in [5, 5.41) is 0. The van der Waals surface area contributed by atoms with Gasteiger partial charge in [-0.1, -0.05) is 58.0 Å². The number of benzene rings is 3. The first-order valence-electron chi connectivity index (χ1n) is 12.6. The molecule has 0 spiro atoms. The Bertz CT molecular complexity index is 1200. The molecule has 0 amide bonds. The third-order valence-corrected chi connectivity index (χ3v) is 5.79. The normalized spacial score (nSPS) is 11.7. The lowest BCUT2D eigenvalue weighted by molar-refractivity contribution is -0.274. The van der Waals surface area contributed by atoms with Gasteiger partial charge >= 0.3 is 12.3 Å². The fraction of sp³-hybridized carbons (Fsp3) is 0.367. The van der Waals surface area contributed by atoms with Crippen LogP contribution in [0.25, 0.3) is 11.1 Å². The largest absolute Gasteiger partial charge is 0.573 e. The summed E-state index contributed by atoms with van der Waals surface area (Å²) in [5.74, 6) is 0.538. The Balaban J connectivity index is 1.99. The van der Waals surface area contributed by atoms with E-state index in [1.807, 2.05) is 48.2 Å². The van der Waals surface area contributed by atoms with E-state index in [1.54, 1.807) is 25.1 Å². The van der Waals surface area contributed by atoms with Gasteiger partial charge in [0.2, 0.25) is 0 Å². The molecule has 8 heteroatoms. The topological polar surface area (TPSA) is 48.0 Å². The summed E-state index contributed by atoms with van der Waals surface area (Å²) in [4.78, 5) is 14.3. The highest BCUT2D eigenvalue weighted by atomic mass is 19.4. The third-order valence-electron chi connectivity index (χ3n) is 5.79. The van der Waals surface area contributed by atoms with Crippen molar-refractivity contribution in [2.24, 2.45) is 0 Å². The maximum atomic E-state index is 12.6. The summed E-state index contributed by atoms with van der Waals surface area (Å²) in [7, 11) is 0. The molecule has 204 valence electrons. The minimum atomic E-state index is -4.76. The molecule has 0 aliphatic heterocycles. The lowest BCUT2D eigenvalue weighted by Crippen LogP contribution is -2.32. The van der Waals surface area contributed by atoms with Gasteiger partial charge in [-0.15, -0.1) is 13.2 Å². The number of carbonyl (C=O) groups excluding carboxylic acids is 1. The molecular formula is C30H34F3NO4. The van der Waals surface area contributed by atoms with Crippen molar-refractivity contribution in [3.63, 3.8) is 0 Å². The Morgan fingerprint density at radius 3 is 2.00 bits per heavy atom. The van der Waals surface area contributed by atoms with E-state index in [4.69, 9.17) is 9.47 Å². The van der Waals surface area contributed by atoms with Gasteiger partial charge < -0.3 is 19.1 Å². The molecule has 0 bridgehead atoms. The highest BCUT2D eigenvalue weighted by molar-refractivity contribution is 5.79. The predicted octanol–water partition coefficient (Wildman–Crippen LogP) is 8.12. The number of carbonyl (C=O) groups is 1. The van der Waals surface area contributed by atoms with Gasteiger partial charge in [0.05, 0.1) is 12.3 Å². The lowest BCUT2D eigenvalue weighted by Gasteiger charge is -2.26. The number of hydrogen-bond donors (Lipinski definition) is 0. The minimum Gasteiger partial charge on any atom is -0.465 e. The molecule has 0 N–H and O–H groups in total. The van der Waals surface area contributed by atoms with E-state index in [9.17, 15) is 18.0 Å². The highest BCUT2D eigenvalue weighted by Crippen LogP contribution is 2.38. The van der Waals surface area contributed by atoms with Crippen LogP contribution in [-0.4, -0.2) is 32.0 Å². The molecule has 0 aromatic heterocycles. The molecule has 5 nitrogen and oxygen atoms in total. The molecule has 3 aromatic carbocycles. The van der Waals surface area contributed by atoms with Crippen LogP contribution in [0.5, 0.6) is 17.2 Å². The van der Waals surface area contributed by atoms with Gasteiger partial charge in [-0.05, 0) is 71.8 Å². The molecule has 0 aliphatic carbocycles. The Morgan fingerprint density at radius 1 is 0.842 bits per heavy atom. The Kier molecular flexibility index (Phi) is 9.31. The number of esters is 1. The predicted molar refractivity (Wildman–Crippen MR) is 143 cm³/mol. The fourth-order valence-corrected chi connectivity index (χ4v) is 3.95. The van der Waals surface area contributed by atoms with Crippen molar-refractivity contribution in [1.29, 1.82) is 0 Å². The smallest absolute Gasteiger partial charge is 0.465 e. The molecule has 0 fully saturated rings. The second-order valence-corrected chi connectivity index (χ2v) is 9.86. The molecule has 0 radical (unpaired) electrons. The van der Waals surface area contributed by atoms with Crippen LogP contribution in [0, 0.1) is 0 Å². The van der Waals surface area contributed by atoms with E-state index >= 15 is 0 Å². The van der Waals surface area contributed by atoms with Crippen LogP contribution in [-0.2, 0) is 14.9 Å². The molecule has 3 aromatic rings. The number of anilines is 1. The summed E-state index contributed by atoms with van der Waals surface area (Å²) in [6.45, 7) is 11.0. The quantitative estimate of drug-likeness (QED) is 0.248. The van der Waals surface area contributed by atoms with Crippen molar-refractivity contribution >= 4 is 11.7 Å². The number of rotatable bonds is 10. The first-order valence-corrected chi connectivity index (χ1v) is 12.6. The lowest BCUT2D eigenvalue weighted by atomic mass is 9.87. The summed E-state index contributed by atoms with van der Waals surface area (Å²) < 4.78 is 53.1. The molecule has 0 heterocycles. The molecular weight excluding hydrogens is 495 g/mol. The number of halogens is 3. The van der Waals surface area contributed by atoms with E-state index in [1.165, 1.54) is 17.7 Å². The van der Waals surface area contributed by atoms with Crippen LogP contribution in [0.3, 0.4) is 0 Å². The highest BCUT2D eigenvalue weighted by Gasteiger charge is 2.31. The second kappa shape index (κ2) is 12.2. The zero-order chi connectivity index (χ0) is 27.9. The van der Waals surface area contributed by atoms with Crippen molar-refractivity contribution in [2.75, 3.05) is 24.6 Å². The summed E-state index contributed by atoms with van der Waals surface area (Å²) >= 11 is 0. The molecule has 0 atom stereocenters. The van der Waals surface area contributed by atoms with E-state index in [0.717, 1.165) is 12.0 Å². The van der Waals surface area contributed by atoms with Crippen LogP contribution < -0.4 is 14.4 Å². The van der Waals surface area contributed by atoms with Gasteiger partial charge in [0.1, 0.15) is 18.0 Å². The van der Waals surface area contributed by atoms with E-state index in [2.05, 4.69) is 25.5 Å².